The minimum absolute atomic E-state index is 0.0314. The Bertz CT molecular complexity index is 1230. The van der Waals surface area contributed by atoms with Crippen LogP contribution in [0.5, 0.6) is 0 Å². The Morgan fingerprint density at radius 3 is 2.66 bits per heavy atom. The topological polar surface area (TPSA) is 75.5 Å². The van der Waals surface area contributed by atoms with Gasteiger partial charge in [-0.25, -0.2) is 0 Å². The number of fused-ring (bicyclic) bond motifs is 3. The monoisotopic (exact) mass is 404 g/mol. The van der Waals surface area contributed by atoms with E-state index in [1.165, 1.54) is 17.0 Å². The Balaban J connectivity index is 1.70. The summed E-state index contributed by atoms with van der Waals surface area (Å²) >= 11 is 6.55. The molecule has 29 heavy (non-hydrogen) atoms. The van der Waals surface area contributed by atoms with Crippen LogP contribution in [-0.4, -0.2) is 16.5 Å². The third kappa shape index (κ3) is 2.99. The minimum atomic E-state index is -0.342. The van der Waals surface area contributed by atoms with Crippen molar-refractivity contribution in [2.45, 2.75) is 12.0 Å². The molecule has 1 aliphatic heterocycles. The van der Waals surface area contributed by atoms with Gasteiger partial charge < -0.3 is 10.3 Å². The summed E-state index contributed by atoms with van der Waals surface area (Å²) in [5.41, 5.74) is 5.52. The lowest BCUT2D eigenvalue weighted by Crippen LogP contribution is -2.88. The highest BCUT2D eigenvalue weighted by atomic mass is 35.5. The van der Waals surface area contributed by atoms with Crippen LogP contribution in [0.3, 0.4) is 0 Å². The van der Waals surface area contributed by atoms with Crippen LogP contribution in [0.4, 0.5) is 5.69 Å². The molecule has 2 atom stereocenters. The molecule has 144 valence electrons. The largest absolute Gasteiger partial charge is 0.353 e. The van der Waals surface area contributed by atoms with Gasteiger partial charge in [0.15, 0.2) is 6.04 Å². The summed E-state index contributed by atoms with van der Waals surface area (Å²) in [5, 5.41) is 15.4. The smallest absolute Gasteiger partial charge is 0.269 e. The van der Waals surface area contributed by atoms with Crippen molar-refractivity contribution in [3.63, 3.8) is 0 Å². The molecular weight excluding hydrogens is 386 g/mol. The number of nitrogens with two attached hydrogens (primary N) is 1. The molecule has 0 fully saturated rings. The molecule has 0 radical (unpaired) electrons. The fourth-order valence-electron chi connectivity index (χ4n) is 4.49. The van der Waals surface area contributed by atoms with E-state index in [-0.39, 0.29) is 22.6 Å². The summed E-state index contributed by atoms with van der Waals surface area (Å²) in [6.45, 7) is 0.811. The lowest BCUT2D eigenvalue weighted by atomic mass is 9.83. The summed E-state index contributed by atoms with van der Waals surface area (Å²) in [6, 6.07) is 23.1. The van der Waals surface area contributed by atoms with E-state index in [1.54, 1.807) is 12.1 Å². The Hall–Kier alpha value is -3.15. The van der Waals surface area contributed by atoms with E-state index in [9.17, 15) is 10.1 Å². The van der Waals surface area contributed by atoms with Crippen molar-refractivity contribution >= 4 is 28.2 Å². The van der Waals surface area contributed by atoms with Crippen molar-refractivity contribution in [1.29, 1.82) is 0 Å². The van der Waals surface area contributed by atoms with Gasteiger partial charge in [-0.2, -0.15) is 0 Å². The van der Waals surface area contributed by atoms with Gasteiger partial charge in [-0.3, -0.25) is 10.1 Å². The molecule has 1 aromatic heterocycles. The Morgan fingerprint density at radius 1 is 1.03 bits per heavy atom. The molecule has 0 amide bonds. The van der Waals surface area contributed by atoms with E-state index >= 15 is 0 Å². The number of non-ortho nitro benzene ring substituents is 1. The number of nitrogens with zero attached hydrogens (tertiary/aromatic N) is 1. The van der Waals surface area contributed by atoms with E-state index < -0.39 is 0 Å². The number of aromatic amines is 1. The molecule has 0 bridgehead atoms. The molecule has 3 N–H and O–H groups in total. The number of benzene rings is 3. The predicted molar refractivity (Wildman–Crippen MR) is 113 cm³/mol. The number of nitrogens with one attached hydrogen (secondary N) is 1. The first kappa shape index (κ1) is 17.9. The van der Waals surface area contributed by atoms with Gasteiger partial charge in [0.25, 0.3) is 5.69 Å². The van der Waals surface area contributed by atoms with Crippen LogP contribution in [0.1, 0.15) is 34.3 Å². The highest BCUT2D eigenvalue weighted by molar-refractivity contribution is 6.31. The van der Waals surface area contributed by atoms with Crippen LogP contribution in [0.2, 0.25) is 5.02 Å². The zero-order valence-corrected chi connectivity index (χ0v) is 16.3. The number of halogens is 1. The summed E-state index contributed by atoms with van der Waals surface area (Å²) in [7, 11) is 0. The fourth-order valence-corrected chi connectivity index (χ4v) is 4.76. The van der Waals surface area contributed by atoms with Gasteiger partial charge in [-0.15, -0.1) is 0 Å². The standard InChI is InChI=1S/C23H18ClN3O2/c24-19-10-3-1-8-16(19)18-13-25-22(14-6-5-7-15(12-14)27(28)29)23-21(18)17-9-2-4-11-20(17)26-23/h1-12,18,22,25-26H,13H2/p+1/t18-,22-/m1/s1. The zero-order chi connectivity index (χ0) is 20.0. The van der Waals surface area contributed by atoms with Crippen LogP contribution < -0.4 is 5.32 Å². The summed E-state index contributed by atoms with van der Waals surface area (Å²) in [4.78, 5) is 14.5. The van der Waals surface area contributed by atoms with Crippen molar-refractivity contribution in [3.05, 3.63) is 110 Å². The number of H-pyrrole nitrogens is 1. The molecule has 3 aromatic carbocycles. The third-order valence-corrected chi connectivity index (χ3v) is 6.11. The molecule has 5 rings (SSSR count). The lowest BCUT2D eigenvalue weighted by molar-refractivity contribution is -0.692. The number of rotatable bonds is 3. The molecular formula is C23H19ClN3O2+. The Kier molecular flexibility index (Phi) is 4.34. The molecule has 4 aromatic rings. The van der Waals surface area contributed by atoms with Gasteiger partial charge in [0.05, 0.1) is 23.1 Å². The summed E-state index contributed by atoms with van der Waals surface area (Å²) in [5.74, 6) is 0.143. The molecule has 0 saturated heterocycles. The van der Waals surface area contributed by atoms with Gasteiger partial charge >= 0.3 is 0 Å². The highest BCUT2D eigenvalue weighted by Gasteiger charge is 2.36. The maximum atomic E-state index is 11.3. The number of para-hydroxylation sites is 1. The SMILES string of the molecule is O=[N+]([O-])c1cccc([C@H]2[NH2+]C[C@H](c3ccccc3Cl)c3c2[nH]c2ccccc32)c1. The number of nitro groups is 1. The molecule has 1 aliphatic rings. The predicted octanol–water partition coefficient (Wildman–Crippen LogP) is 4.53. The first-order valence-electron chi connectivity index (χ1n) is 9.56. The normalized spacial score (nSPS) is 18.5. The summed E-state index contributed by atoms with van der Waals surface area (Å²) < 4.78 is 0. The maximum absolute atomic E-state index is 11.3. The van der Waals surface area contributed by atoms with Crippen molar-refractivity contribution in [1.82, 2.24) is 4.98 Å². The minimum Gasteiger partial charge on any atom is -0.353 e. The Labute approximate surface area is 172 Å². The highest BCUT2D eigenvalue weighted by Crippen LogP contribution is 2.41. The van der Waals surface area contributed by atoms with Crippen LogP contribution >= 0.6 is 11.6 Å². The molecule has 2 heterocycles. The van der Waals surface area contributed by atoms with E-state index in [2.05, 4.69) is 28.5 Å². The van der Waals surface area contributed by atoms with Crippen molar-refractivity contribution in [2.75, 3.05) is 6.54 Å². The number of aromatic nitrogens is 1. The van der Waals surface area contributed by atoms with Gasteiger partial charge in [-0.05, 0) is 17.7 Å². The van der Waals surface area contributed by atoms with Crippen LogP contribution in [0.25, 0.3) is 10.9 Å². The molecule has 0 aliphatic carbocycles. The first-order chi connectivity index (χ1) is 14.1. The molecule has 6 heteroatoms. The average molecular weight is 405 g/mol. The number of hydrogen-bond donors (Lipinski definition) is 2. The van der Waals surface area contributed by atoms with Gasteiger partial charge in [0.1, 0.15) is 0 Å². The van der Waals surface area contributed by atoms with Gasteiger partial charge in [-0.1, -0.05) is 60.1 Å². The first-order valence-corrected chi connectivity index (χ1v) is 9.94. The molecule has 5 nitrogen and oxygen atoms in total. The number of hydrogen-bond acceptors (Lipinski definition) is 2. The second kappa shape index (κ2) is 7.03. The van der Waals surface area contributed by atoms with Crippen molar-refractivity contribution < 1.29 is 10.2 Å². The maximum Gasteiger partial charge on any atom is 0.269 e. The van der Waals surface area contributed by atoms with E-state index in [0.717, 1.165) is 33.9 Å². The third-order valence-electron chi connectivity index (χ3n) is 5.76. The quantitative estimate of drug-likeness (QED) is 0.389. The van der Waals surface area contributed by atoms with E-state index in [0.29, 0.717) is 0 Å². The molecule has 0 unspecified atom stereocenters. The number of nitro benzene ring substituents is 1. The lowest BCUT2D eigenvalue weighted by Gasteiger charge is -2.28. The second-order valence-corrected chi connectivity index (χ2v) is 7.78. The number of quaternary nitrogens is 1. The van der Waals surface area contributed by atoms with E-state index in [1.807, 2.05) is 36.4 Å². The van der Waals surface area contributed by atoms with Crippen molar-refractivity contribution in [3.8, 4) is 0 Å². The van der Waals surface area contributed by atoms with Crippen LogP contribution in [-0.2, 0) is 0 Å². The fraction of sp³-hybridized carbons (Fsp3) is 0.130. The second-order valence-electron chi connectivity index (χ2n) is 7.37. The van der Waals surface area contributed by atoms with E-state index in [4.69, 9.17) is 11.6 Å². The average Bonchev–Trinajstić information content (AvgIpc) is 3.13. The van der Waals surface area contributed by atoms with Gasteiger partial charge in [0.2, 0.25) is 0 Å². The zero-order valence-electron chi connectivity index (χ0n) is 15.5. The Morgan fingerprint density at radius 2 is 1.83 bits per heavy atom. The van der Waals surface area contributed by atoms with Crippen molar-refractivity contribution in [2.24, 2.45) is 0 Å². The molecule has 0 saturated carbocycles. The summed E-state index contributed by atoms with van der Waals surface area (Å²) in [6.07, 6.45) is 0. The van der Waals surface area contributed by atoms with Crippen LogP contribution in [0, 0.1) is 10.1 Å². The van der Waals surface area contributed by atoms with Crippen LogP contribution in [0.15, 0.2) is 72.8 Å². The van der Waals surface area contributed by atoms with Gasteiger partial charge in [0, 0.05) is 39.2 Å². The molecule has 0 spiro atoms.